The molecule has 2 heterocycles. The molecule has 2 rings (SSSR count). The van der Waals surface area contributed by atoms with E-state index in [1.807, 2.05) is 0 Å². The molecule has 0 bridgehead atoms. The summed E-state index contributed by atoms with van der Waals surface area (Å²) in [6.07, 6.45) is -5.35. The van der Waals surface area contributed by atoms with Gasteiger partial charge in [0.15, 0.2) is 12.6 Å². The van der Waals surface area contributed by atoms with Crippen molar-refractivity contribution in [2.45, 2.75) is 120 Å². The summed E-state index contributed by atoms with van der Waals surface area (Å²) in [7, 11) is 0. The van der Waals surface area contributed by atoms with Crippen molar-refractivity contribution < 1.29 is 54.7 Å². The zero-order valence-electron chi connectivity index (χ0n) is 19.3. The van der Waals surface area contributed by atoms with Gasteiger partial charge in [0.05, 0.1) is 13.2 Å². The van der Waals surface area contributed by atoms with Crippen LogP contribution in [0.25, 0.3) is 0 Å². The van der Waals surface area contributed by atoms with E-state index in [2.05, 4.69) is 6.92 Å². The number of aliphatic hydroxyl groups excluding tert-OH is 7. The molecule has 11 nitrogen and oxygen atoms in total. The van der Waals surface area contributed by atoms with E-state index in [0.717, 1.165) is 19.3 Å². The molecule has 7 N–H and O–H groups in total. The highest BCUT2D eigenvalue weighted by Gasteiger charge is 2.50. The molecule has 0 aromatic rings. The molecular formula is C22H42O11. The summed E-state index contributed by atoms with van der Waals surface area (Å²) in [5, 5.41) is 69.9. The SMILES string of the molecule is CCCCCCCCCCO[C@@H]1O[C@H](CO)[C@@H](O[C@H]2O[C@H](CO)[C@@H](O)[C@@H](O)[C@H]2O)[C@@H](O)[C@H]1O. The van der Waals surface area contributed by atoms with Crippen LogP contribution in [0.5, 0.6) is 0 Å². The van der Waals surface area contributed by atoms with Gasteiger partial charge in [-0.15, -0.1) is 0 Å². The highest BCUT2D eigenvalue weighted by Crippen LogP contribution is 2.29. The van der Waals surface area contributed by atoms with Gasteiger partial charge in [0.25, 0.3) is 0 Å². The van der Waals surface area contributed by atoms with Crippen molar-refractivity contribution in [1.82, 2.24) is 0 Å². The van der Waals surface area contributed by atoms with Crippen LogP contribution in [-0.4, -0.2) is 117 Å². The van der Waals surface area contributed by atoms with Gasteiger partial charge in [0, 0.05) is 6.61 Å². The standard InChI is InChI=1S/C22H42O11/c1-2-3-4-5-6-7-8-9-10-30-21-19(29)17(27)20(14(12-24)32-21)33-22-18(28)16(26)15(25)13(11-23)31-22/h13-29H,2-12H2,1H3/t13-,14-,15-,16-,17+,18-,19-,20-,21-,22-/m1/s1. The topological polar surface area (TPSA) is 179 Å². The minimum atomic E-state index is -1.69. The maximum Gasteiger partial charge on any atom is 0.187 e. The van der Waals surface area contributed by atoms with Crippen LogP contribution in [0.1, 0.15) is 58.3 Å². The van der Waals surface area contributed by atoms with Crippen LogP contribution < -0.4 is 0 Å². The molecule has 0 unspecified atom stereocenters. The van der Waals surface area contributed by atoms with Gasteiger partial charge < -0.3 is 54.7 Å². The Morgan fingerprint density at radius 3 is 1.76 bits per heavy atom. The first-order valence-corrected chi connectivity index (χ1v) is 12.1. The van der Waals surface area contributed by atoms with E-state index in [1.165, 1.54) is 32.1 Å². The molecule has 0 aliphatic carbocycles. The number of aliphatic hydroxyl groups is 7. The second-order valence-electron chi connectivity index (χ2n) is 8.85. The molecule has 0 aromatic carbocycles. The van der Waals surface area contributed by atoms with E-state index in [9.17, 15) is 35.7 Å². The molecule has 0 amide bonds. The van der Waals surface area contributed by atoms with Crippen LogP contribution in [0.3, 0.4) is 0 Å². The normalized spacial score (nSPS) is 39.6. The highest BCUT2D eigenvalue weighted by atomic mass is 16.7. The van der Waals surface area contributed by atoms with Crippen LogP contribution in [0.15, 0.2) is 0 Å². The second-order valence-corrected chi connectivity index (χ2v) is 8.85. The van der Waals surface area contributed by atoms with Crippen molar-refractivity contribution in [2.75, 3.05) is 19.8 Å². The average Bonchev–Trinajstić information content (AvgIpc) is 2.82. The Kier molecular flexibility index (Phi) is 13.0. The van der Waals surface area contributed by atoms with E-state index in [0.29, 0.717) is 6.61 Å². The van der Waals surface area contributed by atoms with Crippen LogP contribution in [0.4, 0.5) is 0 Å². The Morgan fingerprint density at radius 2 is 1.15 bits per heavy atom. The molecule has 10 atom stereocenters. The lowest BCUT2D eigenvalue weighted by atomic mass is 9.97. The van der Waals surface area contributed by atoms with Gasteiger partial charge in [0.1, 0.15) is 48.8 Å². The summed E-state index contributed by atoms with van der Waals surface area (Å²) >= 11 is 0. The quantitative estimate of drug-likeness (QED) is 0.147. The van der Waals surface area contributed by atoms with E-state index in [1.54, 1.807) is 0 Å². The molecule has 2 aliphatic heterocycles. The Bertz CT molecular complexity index is 521. The van der Waals surface area contributed by atoms with Crippen molar-refractivity contribution in [3.63, 3.8) is 0 Å². The molecule has 196 valence electrons. The molecule has 0 radical (unpaired) electrons. The number of unbranched alkanes of at least 4 members (excludes halogenated alkanes) is 7. The Morgan fingerprint density at radius 1 is 0.606 bits per heavy atom. The number of ether oxygens (including phenoxy) is 4. The van der Waals surface area contributed by atoms with E-state index < -0.39 is 74.6 Å². The molecule has 33 heavy (non-hydrogen) atoms. The highest BCUT2D eigenvalue weighted by molar-refractivity contribution is 4.94. The largest absolute Gasteiger partial charge is 0.394 e. The number of hydrogen-bond donors (Lipinski definition) is 7. The molecule has 0 saturated carbocycles. The summed E-state index contributed by atoms with van der Waals surface area (Å²) in [5.41, 5.74) is 0. The van der Waals surface area contributed by atoms with Gasteiger partial charge in [-0.25, -0.2) is 0 Å². The lowest BCUT2D eigenvalue weighted by Crippen LogP contribution is -2.64. The fourth-order valence-electron chi connectivity index (χ4n) is 4.13. The monoisotopic (exact) mass is 482 g/mol. The first-order valence-electron chi connectivity index (χ1n) is 12.1. The third kappa shape index (κ3) is 8.04. The van der Waals surface area contributed by atoms with Gasteiger partial charge in [-0.1, -0.05) is 51.9 Å². The summed E-state index contributed by atoms with van der Waals surface area (Å²) in [6.45, 7) is 1.28. The third-order valence-electron chi connectivity index (χ3n) is 6.24. The smallest absolute Gasteiger partial charge is 0.187 e. The summed E-state index contributed by atoms with van der Waals surface area (Å²) in [6, 6.07) is 0. The molecular weight excluding hydrogens is 440 g/mol. The van der Waals surface area contributed by atoms with Crippen LogP contribution in [0, 0.1) is 0 Å². The number of rotatable bonds is 14. The van der Waals surface area contributed by atoms with Crippen molar-refractivity contribution in [3.05, 3.63) is 0 Å². The Balaban J connectivity index is 1.82. The van der Waals surface area contributed by atoms with Crippen LogP contribution in [-0.2, 0) is 18.9 Å². The van der Waals surface area contributed by atoms with Crippen molar-refractivity contribution in [3.8, 4) is 0 Å². The minimum Gasteiger partial charge on any atom is -0.394 e. The molecule has 2 saturated heterocycles. The lowest BCUT2D eigenvalue weighted by Gasteiger charge is -2.45. The molecule has 11 heteroatoms. The van der Waals surface area contributed by atoms with Gasteiger partial charge in [0.2, 0.25) is 0 Å². The molecule has 0 aromatic heterocycles. The molecule has 0 spiro atoms. The maximum absolute atomic E-state index is 10.6. The van der Waals surface area contributed by atoms with Crippen molar-refractivity contribution in [1.29, 1.82) is 0 Å². The fraction of sp³-hybridized carbons (Fsp3) is 1.00. The molecule has 2 aliphatic rings. The predicted octanol–water partition coefficient (Wildman–Crippen LogP) is -1.23. The average molecular weight is 483 g/mol. The Labute approximate surface area is 194 Å². The van der Waals surface area contributed by atoms with E-state index in [-0.39, 0.29) is 0 Å². The maximum atomic E-state index is 10.6. The zero-order chi connectivity index (χ0) is 24.4. The first-order chi connectivity index (χ1) is 15.8. The molecule has 2 fully saturated rings. The summed E-state index contributed by atoms with van der Waals surface area (Å²) < 4.78 is 22.0. The van der Waals surface area contributed by atoms with Crippen LogP contribution >= 0.6 is 0 Å². The van der Waals surface area contributed by atoms with Crippen LogP contribution in [0.2, 0.25) is 0 Å². The summed E-state index contributed by atoms with van der Waals surface area (Å²) in [4.78, 5) is 0. The number of hydrogen-bond acceptors (Lipinski definition) is 11. The van der Waals surface area contributed by atoms with Gasteiger partial charge in [-0.2, -0.15) is 0 Å². The first kappa shape index (κ1) is 28.8. The van der Waals surface area contributed by atoms with Crippen molar-refractivity contribution in [2.24, 2.45) is 0 Å². The second kappa shape index (κ2) is 14.8. The predicted molar refractivity (Wildman–Crippen MR) is 115 cm³/mol. The summed E-state index contributed by atoms with van der Waals surface area (Å²) in [5.74, 6) is 0. The Hall–Kier alpha value is -0.440. The minimum absolute atomic E-state index is 0.319. The zero-order valence-corrected chi connectivity index (χ0v) is 19.3. The fourth-order valence-corrected chi connectivity index (χ4v) is 4.13. The van der Waals surface area contributed by atoms with Gasteiger partial charge in [-0.05, 0) is 6.42 Å². The van der Waals surface area contributed by atoms with E-state index in [4.69, 9.17) is 18.9 Å². The third-order valence-corrected chi connectivity index (χ3v) is 6.24. The van der Waals surface area contributed by atoms with E-state index >= 15 is 0 Å². The lowest BCUT2D eigenvalue weighted by molar-refractivity contribution is -0.359. The van der Waals surface area contributed by atoms with Gasteiger partial charge in [-0.3, -0.25) is 0 Å². The van der Waals surface area contributed by atoms with Gasteiger partial charge >= 0.3 is 0 Å². The van der Waals surface area contributed by atoms with Crippen molar-refractivity contribution >= 4 is 0 Å².